The Bertz CT molecular complexity index is 109. The van der Waals surface area contributed by atoms with Crippen LogP contribution in [0.1, 0.15) is 32.6 Å². The average Bonchev–Trinajstić information content (AvgIpc) is 1.88. The van der Waals surface area contributed by atoms with Crippen LogP contribution in [0.2, 0.25) is 0 Å². The zero-order chi connectivity index (χ0) is 6.69. The summed E-state index contributed by atoms with van der Waals surface area (Å²) >= 11 is 0. The molecule has 0 amide bonds. The molecule has 1 atom stereocenters. The fraction of sp³-hybridized carbons (Fsp3) is 0.857. The van der Waals surface area contributed by atoms with Gasteiger partial charge in [0.2, 0.25) is 0 Å². The lowest BCUT2D eigenvalue weighted by Gasteiger charge is -2.20. The van der Waals surface area contributed by atoms with E-state index in [1.54, 1.807) is 0 Å². The Kier molecular flexibility index (Phi) is 2.09. The fourth-order valence-corrected chi connectivity index (χ4v) is 1.07. The van der Waals surface area contributed by atoms with E-state index in [-0.39, 0.29) is 12.1 Å². The van der Waals surface area contributed by atoms with Crippen molar-refractivity contribution in [3.63, 3.8) is 0 Å². The predicted molar refractivity (Wildman–Crippen MR) is 34.0 cm³/mol. The minimum atomic E-state index is -0.0203. The summed E-state index contributed by atoms with van der Waals surface area (Å²) < 4.78 is 5.00. The number of esters is 1. The lowest BCUT2D eigenvalue weighted by atomic mass is 10.1. The van der Waals surface area contributed by atoms with Crippen LogP contribution in [0.15, 0.2) is 0 Å². The maximum Gasteiger partial charge on any atom is 0.306 e. The maximum absolute atomic E-state index is 10.6. The first-order chi connectivity index (χ1) is 4.33. The number of carbonyl (C=O) groups excluding carboxylic acids is 1. The van der Waals surface area contributed by atoms with Crippen molar-refractivity contribution < 1.29 is 9.53 Å². The van der Waals surface area contributed by atoms with Gasteiger partial charge in [0.25, 0.3) is 0 Å². The molecule has 0 N–H and O–H groups in total. The fourth-order valence-electron chi connectivity index (χ4n) is 1.07. The minimum absolute atomic E-state index is 0.0203. The van der Waals surface area contributed by atoms with Gasteiger partial charge in [0.05, 0.1) is 0 Å². The van der Waals surface area contributed by atoms with Crippen LogP contribution in [0.5, 0.6) is 0 Å². The molecule has 0 aromatic heterocycles. The van der Waals surface area contributed by atoms with Crippen molar-refractivity contribution in [1.82, 2.24) is 0 Å². The largest absolute Gasteiger partial charge is 0.462 e. The second-order valence-corrected chi connectivity index (χ2v) is 2.41. The molecule has 1 saturated heterocycles. The molecule has 2 heteroatoms. The highest BCUT2D eigenvalue weighted by Crippen LogP contribution is 2.15. The van der Waals surface area contributed by atoms with Gasteiger partial charge in [-0.05, 0) is 19.3 Å². The summed E-state index contributed by atoms with van der Waals surface area (Å²) in [6.45, 7) is 2.04. The Morgan fingerprint density at radius 2 is 2.56 bits per heavy atom. The number of ether oxygens (including phenoxy) is 1. The first-order valence-corrected chi connectivity index (χ1v) is 3.52. The van der Waals surface area contributed by atoms with E-state index in [2.05, 4.69) is 0 Å². The van der Waals surface area contributed by atoms with Crippen molar-refractivity contribution >= 4 is 5.97 Å². The average molecular weight is 128 g/mol. The Morgan fingerprint density at radius 3 is 3.00 bits per heavy atom. The molecule has 1 fully saturated rings. The van der Waals surface area contributed by atoms with Crippen molar-refractivity contribution in [1.29, 1.82) is 0 Å². The number of cyclic esters (lactones) is 1. The van der Waals surface area contributed by atoms with E-state index in [9.17, 15) is 4.79 Å². The van der Waals surface area contributed by atoms with E-state index < -0.39 is 0 Å². The summed E-state index contributed by atoms with van der Waals surface area (Å²) in [6, 6.07) is 0. The van der Waals surface area contributed by atoms with Gasteiger partial charge in [-0.2, -0.15) is 0 Å². The van der Waals surface area contributed by atoms with E-state index >= 15 is 0 Å². The molecule has 1 rings (SSSR count). The van der Waals surface area contributed by atoms with Crippen molar-refractivity contribution in [2.24, 2.45) is 0 Å². The summed E-state index contributed by atoms with van der Waals surface area (Å²) in [6.07, 6.45) is 3.87. The lowest BCUT2D eigenvalue weighted by Crippen LogP contribution is -2.22. The molecule has 0 aromatic rings. The van der Waals surface area contributed by atoms with Gasteiger partial charge in [0, 0.05) is 6.42 Å². The molecule has 0 aromatic carbocycles. The smallest absolute Gasteiger partial charge is 0.306 e. The van der Waals surface area contributed by atoms with Crippen LogP contribution in [-0.2, 0) is 9.53 Å². The molecule has 1 heterocycles. The topological polar surface area (TPSA) is 26.3 Å². The predicted octanol–water partition coefficient (Wildman–Crippen LogP) is 1.49. The summed E-state index contributed by atoms with van der Waals surface area (Å²) in [7, 11) is 0. The van der Waals surface area contributed by atoms with Crippen LogP contribution in [0.25, 0.3) is 0 Å². The first kappa shape index (κ1) is 6.59. The van der Waals surface area contributed by atoms with Crippen LogP contribution in [-0.4, -0.2) is 12.1 Å². The van der Waals surface area contributed by atoms with Crippen molar-refractivity contribution in [2.45, 2.75) is 38.7 Å². The van der Waals surface area contributed by atoms with Crippen LogP contribution < -0.4 is 0 Å². The summed E-state index contributed by atoms with van der Waals surface area (Å²) in [5.74, 6) is -0.0203. The molecule has 1 aliphatic heterocycles. The van der Waals surface area contributed by atoms with Gasteiger partial charge in [-0.25, -0.2) is 0 Å². The zero-order valence-corrected chi connectivity index (χ0v) is 5.72. The normalized spacial score (nSPS) is 27.7. The highest BCUT2D eigenvalue weighted by atomic mass is 16.5. The third-order valence-electron chi connectivity index (χ3n) is 1.66. The molecule has 9 heavy (non-hydrogen) atoms. The summed E-state index contributed by atoms with van der Waals surface area (Å²) in [5.41, 5.74) is 0. The molecule has 0 spiro atoms. The summed E-state index contributed by atoms with van der Waals surface area (Å²) in [5, 5.41) is 0. The molecule has 52 valence electrons. The standard InChI is InChI=1S/C7H12O2/c1-2-6-4-3-5-7(8)9-6/h6H,2-5H2,1H3/t6-/m0/s1. The van der Waals surface area contributed by atoms with E-state index in [0.717, 1.165) is 19.3 Å². The van der Waals surface area contributed by atoms with Gasteiger partial charge in [-0.3, -0.25) is 4.79 Å². The Morgan fingerprint density at radius 1 is 1.78 bits per heavy atom. The SMILES string of the molecule is CC[C@H]1CCCC(=O)O1. The van der Waals surface area contributed by atoms with Gasteiger partial charge in [-0.15, -0.1) is 0 Å². The van der Waals surface area contributed by atoms with Gasteiger partial charge in [0.1, 0.15) is 6.10 Å². The van der Waals surface area contributed by atoms with Crippen molar-refractivity contribution in [3.8, 4) is 0 Å². The third-order valence-corrected chi connectivity index (χ3v) is 1.66. The molecule has 0 saturated carbocycles. The maximum atomic E-state index is 10.6. The second kappa shape index (κ2) is 2.85. The van der Waals surface area contributed by atoms with Gasteiger partial charge < -0.3 is 4.74 Å². The highest BCUT2D eigenvalue weighted by Gasteiger charge is 2.17. The molecule has 0 bridgehead atoms. The molecule has 0 aliphatic carbocycles. The van der Waals surface area contributed by atoms with Gasteiger partial charge >= 0.3 is 5.97 Å². The third kappa shape index (κ3) is 1.70. The Balaban J connectivity index is 2.32. The number of carbonyl (C=O) groups is 1. The molecular formula is C7H12O2. The summed E-state index contributed by atoms with van der Waals surface area (Å²) in [4.78, 5) is 10.6. The molecule has 2 nitrogen and oxygen atoms in total. The van der Waals surface area contributed by atoms with Gasteiger partial charge in [-0.1, -0.05) is 6.92 Å². The van der Waals surface area contributed by atoms with Gasteiger partial charge in [0.15, 0.2) is 0 Å². The van der Waals surface area contributed by atoms with E-state index in [1.807, 2.05) is 6.92 Å². The number of hydrogen-bond donors (Lipinski definition) is 0. The van der Waals surface area contributed by atoms with E-state index in [0.29, 0.717) is 6.42 Å². The van der Waals surface area contributed by atoms with Crippen molar-refractivity contribution in [2.75, 3.05) is 0 Å². The molecular weight excluding hydrogens is 116 g/mol. The second-order valence-electron chi connectivity index (χ2n) is 2.41. The molecule has 1 aliphatic rings. The zero-order valence-electron chi connectivity index (χ0n) is 5.72. The van der Waals surface area contributed by atoms with Crippen LogP contribution in [0.4, 0.5) is 0 Å². The van der Waals surface area contributed by atoms with E-state index in [1.165, 1.54) is 0 Å². The molecule has 0 radical (unpaired) electrons. The minimum Gasteiger partial charge on any atom is -0.462 e. The monoisotopic (exact) mass is 128 g/mol. The van der Waals surface area contributed by atoms with Crippen LogP contribution >= 0.6 is 0 Å². The number of rotatable bonds is 1. The van der Waals surface area contributed by atoms with Crippen molar-refractivity contribution in [3.05, 3.63) is 0 Å². The van der Waals surface area contributed by atoms with Crippen LogP contribution in [0, 0.1) is 0 Å². The number of hydrogen-bond acceptors (Lipinski definition) is 2. The first-order valence-electron chi connectivity index (χ1n) is 3.52. The lowest BCUT2D eigenvalue weighted by molar-refractivity contribution is -0.153. The Hall–Kier alpha value is -0.530. The highest BCUT2D eigenvalue weighted by molar-refractivity contribution is 5.70. The van der Waals surface area contributed by atoms with E-state index in [4.69, 9.17) is 4.74 Å². The van der Waals surface area contributed by atoms with Crippen LogP contribution in [0.3, 0.4) is 0 Å². The quantitative estimate of drug-likeness (QED) is 0.500. The molecule has 0 unspecified atom stereocenters. The Labute approximate surface area is 55.2 Å².